The van der Waals surface area contributed by atoms with Crippen molar-refractivity contribution in [3.8, 4) is 0 Å². The molecule has 0 atom stereocenters. The van der Waals surface area contributed by atoms with Crippen molar-refractivity contribution >= 4 is 35.7 Å². The minimum absolute atomic E-state index is 0. The van der Waals surface area contributed by atoms with Gasteiger partial charge >= 0.3 is 0 Å². The topological polar surface area (TPSA) is 14.2 Å². The smallest absolute Gasteiger partial charge is 0.169 e. The van der Waals surface area contributed by atoms with Gasteiger partial charge in [-0.15, -0.1) is 0 Å². The van der Waals surface area contributed by atoms with Gasteiger partial charge in [-0.05, 0) is 74.2 Å². The lowest BCUT2D eigenvalue weighted by Crippen LogP contribution is -3.00. The van der Waals surface area contributed by atoms with Gasteiger partial charge in [-0.3, -0.25) is 0 Å². The van der Waals surface area contributed by atoms with Gasteiger partial charge in [0.2, 0.25) is 0 Å². The van der Waals surface area contributed by atoms with Crippen LogP contribution >= 0.6 is 0 Å². The maximum absolute atomic E-state index is 2.36. The summed E-state index contributed by atoms with van der Waals surface area (Å²) in [5.41, 5.74) is 7.44. The van der Waals surface area contributed by atoms with Crippen molar-refractivity contribution in [2.45, 2.75) is 47.2 Å². The molecule has 4 rings (SSSR count). The van der Waals surface area contributed by atoms with Gasteiger partial charge in [0.05, 0.1) is 6.42 Å². The van der Waals surface area contributed by atoms with Crippen molar-refractivity contribution in [1.29, 1.82) is 0 Å². The van der Waals surface area contributed by atoms with E-state index in [0.717, 1.165) is 45.7 Å². The highest BCUT2D eigenvalue weighted by Crippen LogP contribution is 2.17. The first kappa shape index (κ1) is 36.5. The Balaban J connectivity index is 0.00000323. The minimum Gasteiger partial charge on any atom is -1.00 e. The molecule has 2 aromatic carbocycles. The Morgan fingerprint density at radius 1 is 0.442 bits per heavy atom. The van der Waals surface area contributed by atoms with Crippen LogP contribution in [0.15, 0.2) is 97.6 Å². The highest BCUT2D eigenvalue weighted by molar-refractivity contribution is 5.71. The van der Waals surface area contributed by atoms with Gasteiger partial charge in [-0.25, -0.2) is 9.13 Å². The Bertz CT molecular complexity index is 1260. The van der Waals surface area contributed by atoms with Crippen molar-refractivity contribution < 1.29 is 57.1 Å². The molecule has 0 aliphatic heterocycles. The molecule has 2 heterocycles. The van der Waals surface area contributed by atoms with E-state index in [1.807, 2.05) is 0 Å². The molecular formula is C37H46I2N4. The molecule has 6 heteroatoms. The molecule has 0 radical (unpaired) electrons. The Hall–Kier alpha value is -2.72. The lowest BCUT2D eigenvalue weighted by Gasteiger charge is -2.20. The van der Waals surface area contributed by atoms with Crippen LogP contribution in [-0.4, -0.2) is 26.2 Å². The summed E-state index contributed by atoms with van der Waals surface area (Å²) in [5, 5.41) is 0. The van der Waals surface area contributed by atoms with Gasteiger partial charge in [0.15, 0.2) is 37.9 Å². The minimum atomic E-state index is 0. The van der Waals surface area contributed by atoms with E-state index in [4.69, 9.17) is 0 Å². The summed E-state index contributed by atoms with van der Waals surface area (Å²) >= 11 is 0. The van der Waals surface area contributed by atoms with Gasteiger partial charge in [-0.1, -0.05) is 48.6 Å². The second-order valence-corrected chi connectivity index (χ2v) is 10.3. The molecule has 0 saturated carbocycles. The molecule has 0 aliphatic rings. The van der Waals surface area contributed by atoms with Crippen LogP contribution in [0.3, 0.4) is 0 Å². The molecule has 0 amide bonds. The number of benzene rings is 2. The first-order valence-electron chi connectivity index (χ1n) is 15.2. The monoisotopic (exact) mass is 800 g/mol. The van der Waals surface area contributed by atoms with E-state index in [2.05, 4.69) is 169 Å². The number of hydrogen-bond donors (Lipinski definition) is 0. The second-order valence-electron chi connectivity index (χ2n) is 10.3. The van der Waals surface area contributed by atoms with Crippen molar-refractivity contribution in [3.05, 3.63) is 120 Å². The molecular weight excluding hydrogens is 754 g/mol. The van der Waals surface area contributed by atoms with E-state index in [0.29, 0.717) is 0 Å². The Kier molecular flexibility index (Phi) is 16.6. The van der Waals surface area contributed by atoms with E-state index in [9.17, 15) is 0 Å². The van der Waals surface area contributed by atoms with Crippen LogP contribution < -0.4 is 66.9 Å². The average molecular weight is 801 g/mol. The number of anilines is 2. The van der Waals surface area contributed by atoms with Crippen LogP contribution in [0.2, 0.25) is 0 Å². The zero-order chi connectivity index (χ0) is 28.9. The lowest BCUT2D eigenvalue weighted by atomic mass is 10.1. The van der Waals surface area contributed by atoms with Crippen LogP contribution in [-0.2, 0) is 13.1 Å². The average Bonchev–Trinajstić information content (AvgIpc) is 3.03. The first-order valence-corrected chi connectivity index (χ1v) is 15.2. The fourth-order valence-corrected chi connectivity index (χ4v) is 5.05. The summed E-state index contributed by atoms with van der Waals surface area (Å²) in [7, 11) is 0. The molecule has 0 spiro atoms. The van der Waals surface area contributed by atoms with Crippen LogP contribution in [0, 0.1) is 0 Å². The molecule has 0 bridgehead atoms. The number of nitrogens with zero attached hydrogens (tertiary/aromatic N) is 4. The summed E-state index contributed by atoms with van der Waals surface area (Å²) in [6.45, 7) is 14.9. The van der Waals surface area contributed by atoms with Crippen LogP contribution in [0.25, 0.3) is 24.3 Å². The maximum Gasteiger partial charge on any atom is 0.169 e. The number of rotatable bonds is 14. The normalized spacial score (nSPS) is 10.9. The van der Waals surface area contributed by atoms with Gasteiger partial charge in [0, 0.05) is 61.8 Å². The van der Waals surface area contributed by atoms with Crippen LogP contribution in [0.4, 0.5) is 11.4 Å². The van der Waals surface area contributed by atoms with E-state index in [-0.39, 0.29) is 48.0 Å². The van der Waals surface area contributed by atoms with Crippen LogP contribution in [0.1, 0.15) is 56.4 Å². The van der Waals surface area contributed by atoms with E-state index in [1.54, 1.807) is 0 Å². The predicted molar refractivity (Wildman–Crippen MR) is 176 cm³/mol. The molecule has 0 fully saturated rings. The summed E-state index contributed by atoms with van der Waals surface area (Å²) in [5.74, 6) is 0. The van der Waals surface area contributed by atoms with E-state index < -0.39 is 0 Å². The first-order chi connectivity index (χ1) is 20.1. The molecule has 2 aromatic heterocycles. The zero-order valence-electron chi connectivity index (χ0n) is 26.0. The highest BCUT2D eigenvalue weighted by atomic mass is 127. The summed E-state index contributed by atoms with van der Waals surface area (Å²) in [6.07, 6.45) is 18.5. The lowest BCUT2D eigenvalue weighted by molar-refractivity contribution is -0.726. The SMILES string of the molecule is CCN(CC)c1ccc(/C=C/c2cc[n+](CCC[n+]3ccc(/C=C/c4ccc(N(CC)CC)cc4)cc3)cc2)cc1.[I-].[I-]. The van der Waals surface area contributed by atoms with E-state index >= 15 is 0 Å². The third-order valence-corrected chi connectivity index (χ3v) is 7.65. The molecule has 43 heavy (non-hydrogen) atoms. The number of aromatic nitrogens is 2. The zero-order valence-corrected chi connectivity index (χ0v) is 30.4. The summed E-state index contributed by atoms with van der Waals surface area (Å²) in [6, 6.07) is 26.4. The Morgan fingerprint density at radius 3 is 1.00 bits per heavy atom. The molecule has 4 nitrogen and oxygen atoms in total. The Labute approximate surface area is 293 Å². The van der Waals surface area contributed by atoms with Gasteiger partial charge in [-0.2, -0.15) is 0 Å². The quantitative estimate of drug-likeness (QED) is 0.142. The molecule has 0 saturated heterocycles. The molecule has 0 N–H and O–H groups in total. The maximum atomic E-state index is 2.36. The number of pyridine rings is 2. The number of halogens is 2. The number of hydrogen-bond acceptors (Lipinski definition) is 2. The third kappa shape index (κ3) is 11.4. The fourth-order valence-electron chi connectivity index (χ4n) is 5.05. The summed E-state index contributed by atoms with van der Waals surface area (Å²) < 4.78 is 4.53. The van der Waals surface area contributed by atoms with Crippen molar-refractivity contribution in [2.75, 3.05) is 36.0 Å². The molecule has 0 aliphatic carbocycles. The molecule has 228 valence electrons. The number of aryl methyl sites for hydroxylation is 2. The van der Waals surface area contributed by atoms with Gasteiger partial charge < -0.3 is 57.8 Å². The standard InChI is InChI=1S/C37H46N4.2HI/c1-5-40(6-2)36-18-14-32(15-19-36)10-12-34-22-28-38(29-23-34)26-9-27-39-30-24-35(25-31-39)13-11-33-16-20-37(21-17-33)41(7-3)8-4;;/h10-25,28-31H,5-9,26-27H2,1-4H3;2*1H/q+2;;/p-2. The van der Waals surface area contributed by atoms with Gasteiger partial charge in [0.25, 0.3) is 0 Å². The molecule has 0 unspecified atom stereocenters. The summed E-state index contributed by atoms with van der Waals surface area (Å²) in [4.78, 5) is 4.73. The van der Waals surface area contributed by atoms with Crippen LogP contribution in [0.5, 0.6) is 0 Å². The van der Waals surface area contributed by atoms with Gasteiger partial charge in [0.1, 0.15) is 0 Å². The largest absolute Gasteiger partial charge is 1.00 e. The Morgan fingerprint density at radius 2 is 0.721 bits per heavy atom. The van der Waals surface area contributed by atoms with E-state index in [1.165, 1.54) is 33.6 Å². The fraction of sp³-hybridized carbons (Fsp3) is 0.297. The molecule has 4 aromatic rings. The predicted octanol–water partition coefficient (Wildman–Crippen LogP) is 1.39. The second kappa shape index (κ2) is 19.5. The highest BCUT2D eigenvalue weighted by Gasteiger charge is 2.05. The van der Waals surface area contributed by atoms with Crippen molar-refractivity contribution in [3.63, 3.8) is 0 Å². The van der Waals surface area contributed by atoms with Crippen molar-refractivity contribution in [2.24, 2.45) is 0 Å². The third-order valence-electron chi connectivity index (χ3n) is 7.65. The van der Waals surface area contributed by atoms with Crippen molar-refractivity contribution in [1.82, 2.24) is 0 Å².